The lowest BCUT2D eigenvalue weighted by Gasteiger charge is -2.27. The van der Waals surface area contributed by atoms with Gasteiger partial charge in [0.25, 0.3) is 0 Å². The highest BCUT2D eigenvalue weighted by molar-refractivity contribution is 5.84. The predicted octanol–water partition coefficient (Wildman–Crippen LogP) is -0.210. The Bertz CT molecular complexity index is 306. The topological polar surface area (TPSA) is 78.9 Å². The average molecular weight is 258 g/mol. The van der Waals surface area contributed by atoms with E-state index in [-0.39, 0.29) is 30.3 Å². The van der Waals surface area contributed by atoms with Crippen molar-refractivity contribution in [3.05, 3.63) is 0 Å². The van der Waals surface area contributed by atoms with Gasteiger partial charge in [0.05, 0.1) is 19.1 Å². The fourth-order valence-electron chi connectivity index (χ4n) is 2.15. The van der Waals surface area contributed by atoms with Crippen LogP contribution in [0.4, 0.5) is 0 Å². The van der Waals surface area contributed by atoms with Crippen molar-refractivity contribution >= 4 is 11.9 Å². The number of carbonyl (C=O) groups excluding carboxylic acids is 1. The van der Waals surface area contributed by atoms with Crippen molar-refractivity contribution in [2.24, 2.45) is 11.8 Å². The number of carbonyl (C=O) groups is 2. The fraction of sp³-hybridized carbons (Fsp3) is 0.833. The summed E-state index contributed by atoms with van der Waals surface area (Å²) < 4.78 is 5.28. The zero-order valence-electron chi connectivity index (χ0n) is 11.2. The number of rotatable bonds is 6. The number of carboxylic acids is 1. The number of likely N-dealkylation sites (N-methyl/N-ethyl adjacent to an activating group) is 1. The lowest BCUT2D eigenvalue weighted by atomic mass is 10.0. The Labute approximate surface area is 107 Å². The van der Waals surface area contributed by atoms with Crippen LogP contribution in [0, 0.1) is 11.8 Å². The highest BCUT2D eigenvalue weighted by atomic mass is 16.5. The molecule has 0 bridgehead atoms. The smallest absolute Gasteiger partial charge is 0.323 e. The van der Waals surface area contributed by atoms with Gasteiger partial charge in [-0.1, -0.05) is 13.8 Å². The van der Waals surface area contributed by atoms with Gasteiger partial charge in [0.2, 0.25) is 5.91 Å². The standard InChI is InChI=1S/C12H22N2O4/c1-8(2)4-14(5-11(15)16)12(17)9-6-18-7-10(9)13-3/h8-10,13H,4-7H2,1-3H3,(H,15,16). The van der Waals surface area contributed by atoms with E-state index in [1.54, 1.807) is 7.05 Å². The summed E-state index contributed by atoms with van der Waals surface area (Å²) >= 11 is 0. The van der Waals surface area contributed by atoms with Gasteiger partial charge in [-0.2, -0.15) is 0 Å². The van der Waals surface area contributed by atoms with E-state index in [4.69, 9.17) is 9.84 Å². The average Bonchev–Trinajstić information content (AvgIpc) is 2.73. The minimum Gasteiger partial charge on any atom is -0.480 e. The number of hydrogen-bond acceptors (Lipinski definition) is 4. The maximum absolute atomic E-state index is 12.3. The summed E-state index contributed by atoms with van der Waals surface area (Å²) in [4.78, 5) is 24.6. The van der Waals surface area contributed by atoms with Crippen molar-refractivity contribution in [3.63, 3.8) is 0 Å². The first-order valence-electron chi connectivity index (χ1n) is 6.21. The predicted molar refractivity (Wildman–Crippen MR) is 66.2 cm³/mol. The van der Waals surface area contributed by atoms with Gasteiger partial charge in [-0.3, -0.25) is 9.59 Å². The van der Waals surface area contributed by atoms with Gasteiger partial charge in [0.15, 0.2) is 0 Å². The maximum atomic E-state index is 12.3. The minimum atomic E-state index is -0.982. The highest BCUT2D eigenvalue weighted by Crippen LogP contribution is 2.17. The van der Waals surface area contributed by atoms with Crippen LogP contribution in [0.15, 0.2) is 0 Å². The summed E-state index contributed by atoms with van der Waals surface area (Å²) in [5, 5.41) is 11.9. The summed E-state index contributed by atoms with van der Waals surface area (Å²) in [5.74, 6) is -1.16. The van der Waals surface area contributed by atoms with Crippen LogP contribution in [-0.2, 0) is 14.3 Å². The van der Waals surface area contributed by atoms with E-state index >= 15 is 0 Å². The molecule has 104 valence electrons. The van der Waals surface area contributed by atoms with E-state index in [1.165, 1.54) is 4.90 Å². The first kappa shape index (κ1) is 14.9. The SMILES string of the molecule is CNC1COCC1C(=O)N(CC(=O)O)CC(C)C. The third-order valence-corrected chi connectivity index (χ3v) is 2.99. The van der Waals surface area contributed by atoms with Crippen LogP contribution in [0.3, 0.4) is 0 Å². The molecule has 0 aromatic carbocycles. The van der Waals surface area contributed by atoms with Crippen LogP contribution in [0.2, 0.25) is 0 Å². The molecule has 1 aliphatic rings. The van der Waals surface area contributed by atoms with Crippen molar-refractivity contribution < 1.29 is 19.4 Å². The highest BCUT2D eigenvalue weighted by Gasteiger charge is 2.36. The molecule has 6 heteroatoms. The van der Waals surface area contributed by atoms with Crippen LogP contribution in [0.25, 0.3) is 0 Å². The number of amides is 1. The first-order chi connectivity index (χ1) is 8.45. The molecular weight excluding hydrogens is 236 g/mol. The molecule has 0 radical (unpaired) electrons. The Morgan fingerprint density at radius 2 is 2.11 bits per heavy atom. The molecule has 1 heterocycles. The Balaban J connectivity index is 2.71. The number of carboxylic acid groups (broad SMARTS) is 1. The van der Waals surface area contributed by atoms with Crippen molar-refractivity contribution in [2.75, 3.05) is 33.4 Å². The van der Waals surface area contributed by atoms with E-state index in [2.05, 4.69) is 5.32 Å². The largest absolute Gasteiger partial charge is 0.480 e. The van der Waals surface area contributed by atoms with E-state index in [1.807, 2.05) is 13.8 Å². The molecule has 1 amide bonds. The number of aliphatic carboxylic acids is 1. The second kappa shape index (κ2) is 6.70. The summed E-state index contributed by atoms with van der Waals surface area (Å²) in [6.07, 6.45) is 0. The number of nitrogens with one attached hydrogen (secondary N) is 1. The molecule has 1 saturated heterocycles. The van der Waals surface area contributed by atoms with Crippen molar-refractivity contribution in [3.8, 4) is 0 Å². The first-order valence-corrected chi connectivity index (χ1v) is 6.21. The van der Waals surface area contributed by atoms with Crippen LogP contribution >= 0.6 is 0 Å². The molecule has 1 aliphatic heterocycles. The van der Waals surface area contributed by atoms with Crippen LogP contribution in [-0.4, -0.2) is 61.3 Å². The van der Waals surface area contributed by atoms with Crippen molar-refractivity contribution in [2.45, 2.75) is 19.9 Å². The zero-order valence-corrected chi connectivity index (χ0v) is 11.2. The number of nitrogens with zero attached hydrogens (tertiary/aromatic N) is 1. The van der Waals surface area contributed by atoms with Gasteiger partial charge >= 0.3 is 5.97 Å². The molecule has 2 N–H and O–H groups in total. The second-order valence-corrected chi connectivity index (χ2v) is 5.05. The van der Waals surface area contributed by atoms with E-state index in [0.717, 1.165) is 0 Å². The molecule has 0 aliphatic carbocycles. The third kappa shape index (κ3) is 3.96. The lowest BCUT2D eigenvalue weighted by molar-refractivity contribution is -0.147. The van der Waals surface area contributed by atoms with Crippen molar-refractivity contribution in [1.82, 2.24) is 10.2 Å². The van der Waals surface area contributed by atoms with Crippen LogP contribution in [0.1, 0.15) is 13.8 Å². The molecule has 0 spiro atoms. The molecule has 18 heavy (non-hydrogen) atoms. The normalized spacial score (nSPS) is 23.3. The lowest BCUT2D eigenvalue weighted by Crippen LogP contribution is -2.47. The van der Waals surface area contributed by atoms with Crippen LogP contribution in [0.5, 0.6) is 0 Å². The summed E-state index contributed by atoms with van der Waals surface area (Å²) in [6, 6.07) is -0.0269. The van der Waals surface area contributed by atoms with E-state index < -0.39 is 5.97 Å². The summed E-state index contributed by atoms with van der Waals surface area (Å²) in [7, 11) is 1.78. The van der Waals surface area contributed by atoms with Gasteiger partial charge < -0.3 is 20.1 Å². The number of hydrogen-bond donors (Lipinski definition) is 2. The number of ether oxygens (including phenoxy) is 1. The molecule has 1 fully saturated rings. The van der Waals surface area contributed by atoms with Gasteiger partial charge in [0, 0.05) is 12.6 Å². The van der Waals surface area contributed by atoms with Crippen molar-refractivity contribution in [1.29, 1.82) is 0 Å². The minimum absolute atomic E-state index is 0.0269. The molecular formula is C12H22N2O4. The van der Waals surface area contributed by atoms with Crippen LogP contribution < -0.4 is 5.32 Å². The van der Waals surface area contributed by atoms with E-state index in [0.29, 0.717) is 19.8 Å². The quantitative estimate of drug-likeness (QED) is 0.689. The Kier molecular flexibility index (Phi) is 5.55. The Morgan fingerprint density at radius 3 is 2.61 bits per heavy atom. The van der Waals surface area contributed by atoms with Gasteiger partial charge in [-0.25, -0.2) is 0 Å². The fourth-order valence-corrected chi connectivity index (χ4v) is 2.15. The Morgan fingerprint density at radius 1 is 1.44 bits per heavy atom. The molecule has 6 nitrogen and oxygen atoms in total. The Hall–Kier alpha value is -1.14. The van der Waals surface area contributed by atoms with Gasteiger partial charge in [-0.15, -0.1) is 0 Å². The summed E-state index contributed by atoms with van der Waals surface area (Å²) in [5.41, 5.74) is 0. The molecule has 2 atom stereocenters. The molecule has 1 rings (SSSR count). The molecule has 0 saturated carbocycles. The zero-order chi connectivity index (χ0) is 13.7. The summed E-state index contributed by atoms with van der Waals surface area (Å²) in [6.45, 7) is 4.99. The second-order valence-electron chi connectivity index (χ2n) is 5.05. The van der Waals surface area contributed by atoms with Gasteiger partial charge in [0.1, 0.15) is 6.54 Å². The monoisotopic (exact) mass is 258 g/mol. The van der Waals surface area contributed by atoms with Gasteiger partial charge in [-0.05, 0) is 13.0 Å². The molecule has 0 aromatic heterocycles. The third-order valence-electron chi connectivity index (χ3n) is 2.99. The maximum Gasteiger partial charge on any atom is 0.323 e. The molecule has 0 aromatic rings. The molecule has 2 unspecified atom stereocenters. The van der Waals surface area contributed by atoms with E-state index in [9.17, 15) is 9.59 Å².